The molecule has 0 saturated carbocycles. The van der Waals surface area contributed by atoms with Crippen LogP contribution in [0.15, 0.2) is 53.6 Å². The first-order valence-electron chi connectivity index (χ1n) is 6.86. The Hall–Kier alpha value is -2.74. The molecule has 0 unspecified atom stereocenters. The summed E-state index contributed by atoms with van der Waals surface area (Å²) in [5, 5.41) is 7.24. The van der Waals surface area contributed by atoms with Gasteiger partial charge in [-0.1, -0.05) is 0 Å². The Labute approximate surface area is 143 Å². The van der Waals surface area contributed by atoms with Crippen LogP contribution in [-0.2, 0) is 0 Å². The van der Waals surface area contributed by atoms with Gasteiger partial charge in [0.15, 0.2) is 5.11 Å². The van der Waals surface area contributed by atoms with Crippen LogP contribution >= 0.6 is 12.2 Å². The van der Waals surface area contributed by atoms with Gasteiger partial charge in [0.2, 0.25) is 0 Å². The van der Waals surface area contributed by atoms with Crippen LogP contribution in [0.3, 0.4) is 0 Å². The molecule has 0 amide bonds. The first-order chi connectivity index (χ1) is 11.6. The quantitative estimate of drug-likeness (QED) is 0.473. The van der Waals surface area contributed by atoms with E-state index in [0.717, 1.165) is 11.4 Å². The second-order valence-electron chi connectivity index (χ2n) is 4.50. The second kappa shape index (κ2) is 8.78. The fourth-order valence-electron chi connectivity index (χ4n) is 1.73. The van der Waals surface area contributed by atoms with E-state index in [9.17, 15) is 8.78 Å². The van der Waals surface area contributed by atoms with Gasteiger partial charge in [0.1, 0.15) is 11.5 Å². The van der Waals surface area contributed by atoms with E-state index in [1.165, 1.54) is 18.3 Å². The highest BCUT2D eigenvalue weighted by molar-refractivity contribution is 7.80. The predicted molar refractivity (Wildman–Crippen MR) is 93.0 cm³/mol. The van der Waals surface area contributed by atoms with E-state index in [0.29, 0.717) is 10.7 Å². The molecule has 0 aliphatic heterocycles. The summed E-state index contributed by atoms with van der Waals surface area (Å²) in [7, 11) is 1.59. The van der Waals surface area contributed by atoms with Crippen molar-refractivity contribution in [3.63, 3.8) is 0 Å². The SMILES string of the molecule is COc1ccc(NC(=S)N/N=C\c2ccc(OC(F)F)cc2)cc1. The first-order valence-corrected chi connectivity index (χ1v) is 7.26. The lowest BCUT2D eigenvalue weighted by Gasteiger charge is -2.07. The van der Waals surface area contributed by atoms with Gasteiger partial charge in [-0.05, 0) is 66.3 Å². The molecular formula is C16H15F2N3O2S. The van der Waals surface area contributed by atoms with Gasteiger partial charge in [0, 0.05) is 5.69 Å². The highest BCUT2D eigenvalue weighted by Crippen LogP contribution is 2.15. The van der Waals surface area contributed by atoms with Crippen LogP contribution in [0.5, 0.6) is 11.5 Å². The Morgan fingerprint density at radius 3 is 2.29 bits per heavy atom. The molecule has 0 radical (unpaired) electrons. The number of thiocarbonyl (C=S) groups is 1. The third kappa shape index (κ3) is 5.81. The van der Waals surface area contributed by atoms with Crippen molar-refractivity contribution in [2.45, 2.75) is 6.61 Å². The first kappa shape index (κ1) is 17.6. The van der Waals surface area contributed by atoms with Gasteiger partial charge < -0.3 is 14.8 Å². The number of hydrogen-bond acceptors (Lipinski definition) is 4. The second-order valence-corrected chi connectivity index (χ2v) is 4.91. The van der Waals surface area contributed by atoms with E-state index in [4.69, 9.17) is 17.0 Å². The number of anilines is 1. The molecule has 0 fully saturated rings. The molecule has 0 aromatic heterocycles. The topological polar surface area (TPSA) is 54.9 Å². The fraction of sp³-hybridized carbons (Fsp3) is 0.125. The Morgan fingerprint density at radius 2 is 1.71 bits per heavy atom. The number of benzene rings is 2. The highest BCUT2D eigenvalue weighted by atomic mass is 32.1. The number of alkyl halides is 2. The number of ether oxygens (including phenoxy) is 2. The minimum Gasteiger partial charge on any atom is -0.497 e. The van der Waals surface area contributed by atoms with Crippen LogP contribution in [0.4, 0.5) is 14.5 Å². The standard InChI is InChI=1S/C16H15F2N3O2S/c1-22-13-8-4-12(5-9-13)20-16(24)21-19-10-11-2-6-14(7-3-11)23-15(17)18/h2-10,15H,1H3,(H2,20,21,24)/b19-10-. The molecule has 0 atom stereocenters. The largest absolute Gasteiger partial charge is 0.497 e. The van der Waals surface area contributed by atoms with Crippen LogP contribution in [0, 0.1) is 0 Å². The number of methoxy groups -OCH3 is 1. The van der Waals surface area contributed by atoms with Crippen molar-refractivity contribution < 1.29 is 18.3 Å². The van der Waals surface area contributed by atoms with Crippen molar-refractivity contribution in [3.05, 3.63) is 54.1 Å². The van der Waals surface area contributed by atoms with Crippen LogP contribution in [0.1, 0.15) is 5.56 Å². The molecule has 0 aliphatic rings. The van der Waals surface area contributed by atoms with Crippen LogP contribution < -0.4 is 20.2 Å². The van der Waals surface area contributed by atoms with Gasteiger partial charge in [-0.15, -0.1) is 0 Å². The maximum Gasteiger partial charge on any atom is 0.387 e. The zero-order valence-electron chi connectivity index (χ0n) is 12.7. The molecule has 0 spiro atoms. The number of rotatable bonds is 6. The third-order valence-electron chi connectivity index (χ3n) is 2.83. The van der Waals surface area contributed by atoms with E-state index in [1.807, 2.05) is 12.1 Å². The zero-order valence-corrected chi connectivity index (χ0v) is 13.5. The maximum absolute atomic E-state index is 12.0. The molecule has 2 aromatic rings. The average Bonchev–Trinajstić information content (AvgIpc) is 2.57. The normalized spacial score (nSPS) is 10.7. The molecule has 24 heavy (non-hydrogen) atoms. The summed E-state index contributed by atoms with van der Waals surface area (Å²) in [5.41, 5.74) is 4.16. The number of nitrogens with zero attached hydrogens (tertiary/aromatic N) is 1. The Balaban J connectivity index is 1.82. The lowest BCUT2D eigenvalue weighted by molar-refractivity contribution is -0.0498. The average molecular weight is 351 g/mol. The molecule has 0 aliphatic carbocycles. The van der Waals surface area contributed by atoms with E-state index in [1.54, 1.807) is 31.4 Å². The summed E-state index contributed by atoms with van der Waals surface area (Å²) in [6.07, 6.45) is 1.51. The van der Waals surface area contributed by atoms with Crippen molar-refractivity contribution in [2.24, 2.45) is 5.10 Å². The molecular weight excluding hydrogens is 336 g/mol. The molecule has 0 heterocycles. The maximum atomic E-state index is 12.0. The Bertz CT molecular complexity index is 691. The minimum absolute atomic E-state index is 0.0896. The summed E-state index contributed by atoms with van der Waals surface area (Å²) < 4.78 is 33.4. The Morgan fingerprint density at radius 1 is 1.08 bits per heavy atom. The lowest BCUT2D eigenvalue weighted by Crippen LogP contribution is -2.23. The summed E-state index contributed by atoms with van der Waals surface area (Å²) in [4.78, 5) is 0. The van der Waals surface area contributed by atoms with E-state index >= 15 is 0 Å². The van der Waals surface area contributed by atoms with Crippen molar-refractivity contribution >= 4 is 29.2 Å². The summed E-state index contributed by atoms with van der Waals surface area (Å²) in [6, 6.07) is 13.3. The van der Waals surface area contributed by atoms with Crippen molar-refractivity contribution in [3.8, 4) is 11.5 Å². The molecule has 8 heteroatoms. The van der Waals surface area contributed by atoms with Crippen molar-refractivity contribution in [1.29, 1.82) is 0 Å². The van der Waals surface area contributed by atoms with Crippen LogP contribution in [0.25, 0.3) is 0 Å². The van der Waals surface area contributed by atoms with Crippen molar-refractivity contribution in [1.82, 2.24) is 5.43 Å². The molecule has 2 rings (SSSR count). The van der Waals surface area contributed by atoms with Gasteiger partial charge in [-0.2, -0.15) is 13.9 Å². The zero-order chi connectivity index (χ0) is 17.4. The van der Waals surface area contributed by atoms with Gasteiger partial charge in [0.05, 0.1) is 13.3 Å². The smallest absolute Gasteiger partial charge is 0.387 e. The van der Waals surface area contributed by atoms with Crippen molar-refractivity contribution in [2.75, 3.05) is 12.4 Å². The summed E-state index contributed by atoms with van der Waals surface area (Å²) in [6.45, 7) is -2.84. The molecule has 2 aromatic carbocycles. The number of hydrogen-bond donors (Lipinski definition) is 2. The molecule has 5 nitrogen and oxygen atoms in total. The Kier molecular flexibility index (Phi) is 6.44. The third-order valence-corrected chi connectivity index (χ3v) is 3.03. The minimum atomic E-state index is -2.84. The highest BCUT2D eigenvalue weighted by Gasteiger charge is 2.03. The summed E-state index contributed by atoms with van der Waals surface area (Å²) >= 11 is 5.11. The predicted octanol–water partition coefficient (Wildman–Crippen LogP) is 3.62. The van der Waals surface area contributed by atoms with Gasteiger partial charge in [0.25, 0.3) is 0 Å². The number of nitrogens with one attached hydrogen (secondary N) is 2. The molecule has 0 bridgehead atoms. The van der Waals surface area contributed by atoms with Gasteiger partial charge in [-0.25, -0.2) is 0 Å². The van der Waals surface area contributed by atoms with Gasteiger partial charge >= 0.3 is 6.61 Å². The number of halogens is 2. The number of hydrazone groups is 1. The fourth-order valence-corrected chi connectivity index (χ4v) is 1.90. The van der Waals surface area contributed by atoms with E-state index in [2.05, 4.69) is 20.6 Å². The monoisotopic (exact) mass is 351 g/mol. The van der Waals surface area contributed by atoms with Gasteiger partial charge in [-0.3, -0.25) is 5.43 Å². The van der Waals surface area contributed by atoms with E-state index < -0.39 is 6.61 Å². The van der Waals surface area contributed by atoms with Crippen LogP contribution in [-0.4, -0.2) is 25.0 Å². The molecule has 126 valence electrons. The molecule has 0 saturated heterocycles. The molecule has 2 N–H and O–H groups in total. The van der Waals surface area contributed by atoms with Crippen LogP contribution in [0.2, 0.25) is 0 Å². The lowest BCUT2D eigenvalue weighted by atomic mass is 10.2. The van der Waals surface area contributed by atoms with E-state index in [-0.39, 0.29) is 5.75 Å². The summed E-state index contributed by atoms with van der Waals surface area (Å²) in [5.74, 6) is 0.837.